The van der Waals surface area contributed by atoms with Crippen LogP contribution in [0.2, 0.25) is 0 Å². The third-order valence-corrected chi connectivity index (χ3v) is 6.96. The number of benzene rings is 4. The van der Waals surface area contributed by atoms with Crippen molar-refractivity contribution in [3.63, 3.8) is 0 Å². The lowest BCUT2D eigenvalue weighted by Gasteiger charge is -2.29. The number of ketones is 1. The van der Waals surface area contributed by atoms with Gasteiger partial charge >= 0.3 is 0 Å². The normalized spacial score (nSPS) is 14.5. The van der Waals surface area contributed by atoms with Gasteiger partial charge in [-0.25, -0.2) is 0 Å². The molecular formula is C30H20O12. The smallest absolute Gasteiger partial charge is 0.197 e. The van der Waals surface area contributed by atoms with Crippen LogP contribution in [0.5, 0.6) is 51.7 Å². The molecule has 0 bridgehead atoms. The molecule has 12 heteroatoms. The lowest BCUT2D eigenvalue weighted by molar-refractivity contribution is 0.0845. The first-order valence-corrected chi connectivity index (χ1v) is 12.3. The van der Waals surface area contributed by atoms with E-state index >= 15 is 0 Å². The minimum atomic E-state index is -1.05. The van der Waals surface area contributed by atoms with Crippen molar-refractivity contribution < 1.29 is 54.8 Å². The Morgan fingerprint density at radius 2 is 1.40 bits per heavy atom. The summed E-state index contributed by atoms with van der Waals surface area (Å²) in [4.78, 5) is 25.9. The minimum absolute atomic E-state index is 0.00509. The summed E-state index contributed by atoms with van der Waals surface area (Å²) in [6.45, 7) is 0. The van der Waals surface area contributed by atoms with E-state index in [0.29, 0.717) is 0 Å². The van der Waals surface area contributed by atoms with E-state index in [1.165, 1.54) is 24.3 Å². The van der Waals surface area contributed by atoms with Gasteiger partial charge in [-0.05, 0) is 29.8 Å². The minimum Gasteiger partial charge on any atom is -0.508 e. The van der Waals surface area contributed by atoms with Gasteiger partial charge in [0, 0.05) is 35.4 Å². The van der Waals surface area contributed by atoms with Crippen LogP contribution < -0.4 is 10.2 Å². The van der Waals surface area contributed by atoms with E-state index in [2.05, 4.69) is 0 Å². The molecule has 2 heterocycles. The SMILES string of the molecule is O=C1CC(c2ccc(O)c(O)c2)Oc2c1c(O)cc(O)c2-c1cc(-c2cc(=O)c3c(O)cc(O)cc3o2)cc(O)c1O. The fourth-order valence-corrected chi connectivity index (χ4v) is 5.01. The number of hydrogen-bond acceptors (Lipinski definition) is 12. The first-order valence-electron chi connectivity index (χ1n) is 12.3. The quantitative estimate of drug-likeness (QED) is 0.140. The second-order valence-corrected chi connectivity index (χ2v) is 9.68. The molecule has 0 fully saturated rings. The molecule has 1 atom stereocenters. The van der Waals surface area contributed by atoms with Crippen LogP contribution >= 0.6 is 0 Å². The number of Topliss-reactive ketones (excluding diaryl/α,β-unsaturated/α-hetero) is 1. The van der Waals surface area contributed by atoms with Crippen molar-refractivity contribution in [2.75, 3.05) is 0 Å². The molecule has 42 heavy (non-hydrogen) atoms. The van der Waals surface area contributed by atoms with E-state index in [1.54, 1.807) is 0 Å². The maximum absolute atomic E-state index is 13.2. The van der Waals surface area contributed by atoms with Crippen molar-refractivity contribution in [3.8, 4) is 74.2 Å². The van der Waals surface area contributed by atoms with Crippen LogP contribution in [-0.2, 0) is 0 Å². The standard InChI is InChI=1S/C30H20O12/c31-13-6-17(34)27-20(37)9-24(41-25(27)7-13)12-3-14(29(40)22(39)5-12)26-18(35)8-19(36)28-21(38)10-23(42-30(26)28)11-1-2-15(32)16(33)4-11/h1-9,23,31-36,39-40H,10H2. The maximum atomic E-state index is 13.2. The highest BCUT2D eigenvalue weighted by Crippen LogP contribution is 2.53. The molecule has 0 radical (unpaired) electrons. The number of carbonyl (C=O) groups excluding carboxylic acids is 1. The highest BCUT2D eigenvalue weighted by atomic mass is 16.5. The largest absolute Gasteiger partial charge is 0.508 e. The predicted octanol–water partition coefficient (Wildman–Crippen LogP) is 4.48. The van der Waals surface area contributed by atoms with Gasteiger partial charge in [0.2, 0.25) is 0 Å². The van der Waals surface area contributed by atoms with Crippen LogP contribution in [0.3, 0.4) is 0 Å². The van der Waals surface area contributed by atoms with Gasteiger partial charge in [-0.15, -0.1) is 0 Å². The van der Waals surface area contributed by atoms with E-state index in [0.717, 1.165) is 30.3 Å². The second-order valence-electron chi connectivity index (χ2n) is 9.68. The molecule has 212 valence electrons. The Kier molecular flexibility index (Phi) is 5.78. The van der Waals surface area contributed by atoms with Gasteiger partial charge in [0.15, 0.2) is 34.2 Å². The molecule has 1 unspecified atom stereocenters. The molecule has 0 aliphatic carbocycles. The van der Waals surface area contributed by atoms with Gasteiger partial charge in [-0.2, -0.15) is 0 Å². The number of hydrogen-bond donors (Lipinski definition) is 8. The number of ether oxygens (including phenoxy) is 1. The molecule has 1 aromatic heterocycles. The van der Waals surface area contributed by atoms with Crippen molar-refractivity contribution in [1.29, 1.82) is 0 Å². The Bertz CT molecular complexity index is 2020. The molecule has 1 aliphatic heterocycles. The summed E-state index contributed by atoms with van der Waals surface area (Å²) < 4.78 is 11.7. The molecule has 4 aromatic carbocycles. The van der Waals surface area contributed by atoms with Gasteiger partial charge < -0.3 is 50.0 Å². The Labute approximate surface area is 234 Å². The van der Waals surface area contributed by atoms with Gasteiger partial charge in [-0.1, -0.05) is 6.07 Å². The van der Waals surface area contributed by atoms with Crippen LogP contribution in [0.25, 0.3) is 33.4 Å². The first kappa shape index (κ1) is 26.2. The number of phenolic OH excluding ortho intramolecular Hbond substituents is 8. The number of fused-ring (bicyclic) bond motifs is 2. The van der Waals surface area contributed by atoms with Crippen molar-refractivity contribution in [1.82, 2.24) is 0 Å². The molecule has 0 saturated heterocycles. The Morgan fingerprint density at radius 3 is 2.14 bits per heavy atom. The predicted molar refractivity (Wildman–Crippen MR) is 145 cm³/mol. The second kappa shape index (κ2) is 9.27. The molecular weight excluding hydrogens is 552 g/mol. The fourth-order valence-electron chi connectivity index (χ4n) is 5.01. The monoisotopic (exact) mass is 572 g/mol. The summed E-state index contributed by atoms with van der Waals surface area (Å²) in [5, 5.41) is 82.2. The summed E-state index contributed by atoms with van der Waals surface area (Å²) in [6, 6.07) is 10.0. The zero-order valence-electron chi connectivity index (χ0n) is 21.2. The molecule has 12 nitrogen and oxygen atoms in total. The zero-order chi connectivity index (χ0) is 30.0. The number of rotatable bonds is 3. The summed E-state index contributed by atoms with van der Waals surface area (Å²) in [5.41, 5.74) is -1.46. The summed E-state index contributed by atoms with van der Waals surface area (Å²) in [5.74, 6) is -5.59. The highest BCUT2D eigenvalue weighted by Gasteiger charge is 2.35. The number of carbonyl (C=O) groups is 1. The summed E-state index contributed by atoms with van der Waals surface area (Å²) in [6.07, 6.45) is -1.33. The van der Waals surface area contributed by atoms with Crippen molar-refractivity contribution in [3.05, 3.63) is 75.9 Å². The Morgan fingerprint density at radius 1 is 0.667 bits per heavy atom. The van der Waals surface area contributed by atoms with Crippen LogP contribution in [0.1, 0.15) is 28.4 Å². The third kappa shape index (κ3) is 4.09. The molecule has 0 spiro atoms. The molecule has 0 amide bonds. The van der Waals surface area contributed by atoms with E-state index < -0.39 is 57.6 Å². The van der Waals surface area contributed by atoms with Gasteiger partial charge in [0.25, 0.3) is 0 Å². The molecule has 6 rings (SSSR count). The Hall–Kier alpha value is -6.04. The van der Waals surface area contributed by atoms with Crippen molar-refractivity contribution >= 4 is 16.8 Å². The van der Waals surface area contributed by atoms with Gasteiger partial charge in [-0.3, -0.25) is 9.59 Å². The molecule has 8 N–H and O–H groups in total. The topological polar surface area (TPSA) is 218 Å². The lowest BCUT2D eigenvalue weighted by atomic mass is 9.90. The molecule has 5 aromatic rings. The van der Waals surface area contributed by atoms with Crippen molar-refractivity contribution in [2.45, 2.75) is 12.5 Å². The zero-order valence-corrected chi connectivity index (χ0v) is 21.2. The van der Waals surface area contributed by atoms with Gasteiger partial charge in [0.1, 0.15) is 57.1 Å². The number of aromatic hydroxyl groups is 8. The van der Waals surface area contributed by atoms with Crippen molar-refractivity contribution in [2.24, 2.45) is 0 Å². The first-order chi connectivity index (χ1) is 19.9. The highest BCUT2D eigenvalue weighted by molar-refractivity contribution is 6.06. The average molecular weight is 572 g/mol. The van der Waals surface area contributed by atoms with E-state index in [1.807, 2.05) is 0 Å². The Balaban J connectivity index is 1.56. The van der Waals surface area contributed by atoms with Gasteiger partial charge in [0.05, 0.1) is 12.0 Å². The maximum Gasteiger partial charge on any atom is 0.197 e. The summed E-state index contributed by atoms with van der Waals surface area (Å²) >= 11 is 0. The van der Waals surface area contributed by atoms with E-state index in [-0.39, 0.29) is 62.5 Å². The molecule has 1 aliphatic rings. The summed E-state index contributed by atoms with van der Waals surface area (Å²) in [7, 11) is 0. The fraction of sp³-hybridized carbons (Fsp3) is 0.0667. The van der Waals surface area contributed by atoms with E-state index in [9.17, 15) is 50.4 Å². The molecule has 0 saturated carbocycles. The van der Waals surface area contributed by atoms with Crippen LogP contribution in [0.4, 0.5) is 0 Å². The average Bonchev–Trinajstić information content (AvgIpc) is 2.91. The third-order valence-electron chi connectivity index (χ3n) is 6.96. The van der Waals surface area contributed by atoms with Crippen LogP contribution in [0, 0.1) is 0 Å². The lowest BCUT2D eigenvalue weighted by Crippen LogP contribution is -2.21. The van der Waals surface area contributed by atoms with Crippen LogP contribution in [-0.4, -0.2) is 46.6 Å². The number of phenols is 8. The van der Waals surface area contributed by atoms with Crippen LogP contribution in [0.15, 0.2) is 63.8 Å². The van der Waals surface area contributed by atoms with E-state index in [4.69, 9.17) is 9.15 Å².